The summed E-state index contributed by atoms with van der Waals surface area (Å²) in [6, 6.07) is 8.74. The molecule has 0 radical (unpaired) electrons. The minimum absolute atomic E-state index is 0.0395. The lowest BCUT2D eigenvalue weighted by Gasteiger charge is -1.95. The van der Waals surface area contributed by atoms with E-state index in [1.807, 2.05) is 12.1 Å². The molecule has 0 amide bonds. The summed E-state index contributed by atoms with van der Waals surface area (Å²) in [7, 11) is 0. The molecule has 0 saturated carbocycles. The van der Waals surface area contributed by atoms with Crippen molar-refractivity contribution in [1.29, 1.82) is 10.5 Å². The van der Waals surface area contributed by atoms with Crippen LogP contribution in [-0.4, -0.2) is 5.11 Å². The van der Waals surface area contributed by atoms with Crippen LogP contribution >= 0.6 is 11.3 Å². The molecule has 1 N–H and O–H groups in total. The fourth-order valence-electron chi connectivity index (χ4n) is 1.27. The van der Waals surface area contributed by atoms with Crippen LogP contribution in [0, 0.1) is 22.7 Å². The van der Waals surface area contributed by atoms with E-state index in [0.717, 1.165) is 4.70 Å². The second-order valence-electron chi connectivity index (χ2n) is 2.71. The van der Waals surface area contributed by atoms with Crippen LogP contribution in [0.2, 0.25) is 0 Å². The van der Waals surface area contributed by atoms with E-state index >= 15 is 0 Å². The molecule has 14 heavy (non-hydrogen) atoms. The first-order chi connectivity index (χ1) is 6.76. The highest BCUT2D eigenvalue weighted by molar-refractivity contribution is 7.19. The van der Waals surface area contributed by atoms with Crippen LogP contribution in [0.25, 0.3) is 10.1 Å². The van der Waals surface area contributed by atoms with Crippen molar-refractivity contribution in [3.63, 3.8) is 0 Å². The monoisotopic (exact) mass is 200 g/mol. The quantitative estimate of drug-likeness (QED) is 0.709. The van der Waals surface area contributed by atoms with Gasteiger partial charge in [0.05, 0.1) is 0 Å². The Hall–Kier alpha value is -2.04. The van der Waals surface area contributed by atoms with Crippen molar-refractivity contribution in [2.75, 3.05) is 0 Å². The Bertz CT molecular complexity index is 586. The molecule has 0 spiro atoms. The topological polar surface area (TPSA) is 67.8 Å². The first-order valence-electron chi connectivity index (χ1n) is 3.82. The van der Waals surface area contributed by atoms with E-state index in [4.69, 9.17) is 10.5 Å². The van der Waals surface area contributed by atoms with Gasteiger partial charge < -0.3 is 5.11 Å². The average Bonchev–Trinajstić information content (AvgIpc) is 2.60. The van der Waals surface area contributed by atoms with E-state index in [1.165, 1.54) is 17.4 Å². The summed E-state index contributed by atoms with van der Waals surface area (Å²) >= 11 is 1.31. The SMILES string of the molecule is N#Cc1cc2c(C#N)c(O)ccc2s1. The normalized spacial score (nSPS) is 9.57. The average molecular weight is 200 g/mol. The van der Waals surface area contributed by atoms with Gasteiger partial charge in [0.2, 0.25) is 0 Å². The first-order valence-corrected chi connectivity index (χ1v) is 4.63. The number of aromatic hydroxyl groups is 1. The van der Waals surface area contributed by atoms with Gasteiger partial charge in [0.15, 0.2) is 0 Å². The maximum Gasteiger partial charge on any atom is 0.134 e. The molecule has 0 unspecified atom stereocenters. The van der Waals surface area contributed by atoms with Crippen molar-refractivity contribution in [2.24, 2.45) is 0 Å². The second kappa shape index (κ2) is 3.02. The summed E-state index contributed by atoms with van der Waals surface area (Å²) in [6.45, 7) is 0. The fraction of sp³-hybridized carbons (Fsp3) is 0. The van der Waals surface area contributed by atoms with E-state index in [2.05, 4.69) is 0 Å². The summed E-state index contributed by atoms with van der Waals surface area (Å²) in [5.41, 5.74) is 0.236. The molecule has 0 aliphatic carbocycles. The van der Waals surface area contributed by atoms with Crippen molar-refractivity contribution in [2.45, 2.75) is 0 Å². The number of rotatable bonds is 0. The molecule has 1 aromatic heterocycles. The Kier molecular flexibility index (Phi) is 1.85. The number of nitrogens with zero attached hydrogens (tertiary/aromatic N) is 2. The largest absolute Gasteiger partial charge is 0.507 e. The van der Waals surface area contributed by atoms with Crippen LogP contribution in [-0.2, 0) is 0 Å². The lowest BCUT2D eigenvalue weighted by molar-refractivity contribution is 0.474. The Labute approximate surface area is 84.1 Å². The van der Waals surface area contributed by atoms with Crippen molar-refractivity contribution in [3.05, 3.63) is 28.6 Å². The molecule has 0 aliphatic rings. The standard InChI is InChI=1S/C10H4N2OS/c11-4-6-3-7-8(5-12)9(13)1-2-10(7)14-6/h1-3,13H. The van der Waals surface area contributed by atoms with Gasteiger partial charge in [-0.05, 0) is 18.2 Å². The summed E-state index contributed by atoms with van der Waals surface area (Å²) in [5.74, 6) is -0.0395. The highest BCUT2D eigenvalue weighted by atomic mass is 32.1. The number of phenolic OH excluding ortho intramolecular Hbond substituents is 1. The van der Waals surface area contributed by atoms with Crippen molar-refractivity contribution in [1.82, 2.24) is 0 Å². The lowest BCUT2D eigenvalue weighted by atomic mass is 10.1. The van der Waals surface area contributed by atoms with Gasteiger partial charge in [0.25, 0.3) is 0 Å². The number of thiophene rings is 1. The van der Waals surface area contributed by atoms with Gasteiger partial charge in [-0.1, -0.05) is 0 Å². The molecule has 0 aliphatic heterocycles. The zero-order valence-corrected chi connectivity index (χ0v) is 7.80. The van der Waals surface area contributed by atoms with E-state index in [9.17, 15) is 5.11 Å². The molecule has 1 heterocycles. The summed E-state index contributed by atoms with van der Waals surface area (Å²) < 4.78 is 0.843. The number of fused-ring (bicyclic) bond motifs is 1. The third-order valence-electron chi connectivity index (χ3n) is 1.90. The maximum atomic E-state index is 9.39. The molecule has 0 bridgehead atoms. The van der Waals surface area contributed by atoms with E-state index in [-0.39, 0.29) is 11.3 Å². The van der Waals surface area contributed by atoms with Gasteiger partial charge in [-0.3, -0.25) is 0 Å². The summed E-state index contributed by atoms with van der Waals surface area (Å²) in [6.07, 6.45) is 0. The Morgan fingerprint density at radius 3 is 2.64 bits per heavy atom. The molecular formula is C10H4N2OS. The molecule has 2 rings (SSSR count). The van der Waals surface area contributed by atoms with Crippen molar-refractivity contribution < 1.29 is 5.11 Å². The van der Waals surface area contributed by atoms with Crippen LogP contribution in [0.4, 0.5) is 0 Å². The van der Waals surface area contributed by atoms with Crippen LogP contribution in [0.15, 0.2) is 18.2 Å². The number of nitriles is 2. The van der Waals surface area contributed by atoms with Crippen LogP contribution < -0.4 is 0 Å². The van der Waals surface area contributed by atoms with Gasteiger partial charge in [-0.2, -0.15) is 10.5 Å². The maximum absolute atomic E-state index is 9.39. The number of hydrogen-bond acceptors (Lipinski definition) is 4. The molecule has 4 heteroatoms. The number of benzene rings is 1. The number of phenols is 1. The first kappa shape index (κ1) is 8.55. The predicted octanol–water partition coefficient (Wildman–Crippen LogP) is 2.35. The van der Waals surface area contributed by atoms with Gasteiger partial charge >= 0.3 is 0 Å². The Balaban J connectivity index is 2.90. The van der Waals surface area contributed by atoms with Crippen LogP contribution in [0.3, 0.4) is 0 Å². The summed E-state index contributed by atoms with van der Waals surface area (Å²) in [5, 5.41) is 27.5. The minimum atomic E-state index is -0.0395. The van der Waals surface area contributed by atoms with E-state index in [1.54, 1.807) is 12.1 Å². The number of hydrogen-bond donors (Lipinski definition) is 1. The Morgan fingerprint density at radius 2 is 2.00 bits per heavy atom. The van der Waals surface area contributed by atoms with Crippen molar-refractivity contribution in [3.8, 4) is 17.9 Å². The molecule has 0 saturated heterocycles. The molecule has 3 nitrogen and oxygen atoms in total. The van der Waals surface area contributed by atoms with Crippen LogP contribution in [0.1, 0.15) is 10.4 Å². The van der Waals surface area contributed by atoms with Crippen molar-refractivity contribution >= 4 is 21.4 Å². The zero-order chi connectivity index (χ0) is 10.1. The van der Waals surface area contributed by atoms with Gasteiger partial charge in [-0.25, -0.2) is 0 Å². The minimum Gasteiger partial charge on any atom is -0.507 e. The molecule has 1 aromatic carbocycles. The van der Waals surface area contributed by atoms with E-state index < -0.39 is 0 Å². The van der Waals surface area contributed by atoms with Gasteiger partial charge in [-0.15, -0.1) is 11.3 Å². The molecule has 0 fully saturated rings. The zero-order valence-electron chi connectivity index (χ0n) is 6.98. The van der Waals surface area contributed by atoms with E-state index in [0.29, 0.717) is 10.3 Å². The smallest absolute Gasteiger partial charge is 0.134 e. The summed E-state index contributed by atoms with van der Waals surface area (Å²) in [4.78, 5) is 0.544. The van der Waals surface area contributed by atoms with Gasteiger partial charge in [0, 0.05) is 10.1 Å². The molecule has 0 atom stereocenters. The molecule has 66 valence electrons. The second-order valence-corrected chi connectivity index (χ2v) is 3.79. The van der Waals surface area contributed by atoms with Gasteiger partial charge in [0.1, 0.15) is 28.3 Å². The third-order valence-corrected chi connectivity index (χ3v) is 2.91. The highest BCUT2D eigenvalue weighted by Crippen LogP contribution is 2.32. The highest BCUT2D eigenvalue weighted by Gasteiger charge is 2.09. The third kappa shape index (κ3) is 1.10. The van der Waals surface area contributed by atoms with Crippen LogP contribution in [0.5, 0.6) is 5.75 Å². The molecule has 2 aromatic rings. The fourth-order valence-corrected chi connectivity index (χ4v) is 2.14. The predicted molar refractivity (Wildman–Crippen MR) is 52.9 cm³/mol. The Morgan fingerprint density at radius 1 is 1.21 bits per heavy atom. The molecular weight excluding hydrogens is 196 g/mol. The lowest BCUT2D eigenvalue weighted by Crippen LogP contribution is -1.76.